The number of likely N-dealkylation sites (tertiary alicyclic amines) is 1. The first-order valence-corrected chi connectivity index (χ1v) is 8.75. The van der Waals surface area contributed by atoms with E-state index in [1.54, 1.807) is 21.8 Å². The van der Waals surface area contributed by atoms with E-state index >= 15 is 0 Å². The highest BCUT2D eigenvalue weighted by Crippen LogP contribution is 2.33. The molecule has 0 bridgehead atoms. The fraction of sp³-hybridized carbons (Fsp3) is 0.444. The normalized spacial score (nSPS) is 19.8. The number of pyridine rings is 1. The molecule has 1 aliphatic heterocycles. The first-order chi connectivity index (χ1) is 12.2. The number of hydrogen-bond donors (Lipinski definition) is 1. The van der Waals surface area contributed by atoms with Gasteiger partial charge < -0.3 is 10.2 Å². The number of nitrogens with zero attached hydrogens (tertiary/aromatic N) is 4. The molecule has 2 aliphatic rings. The minimum absolute atomic E-state index is 0.137. The first-order valence-electron chi connectivity index (χ1n) is 8.75. The Morgan fingerprint density at radius 2 is 2.08 bits per heavy atom. The molecule has 7 heteroatoms. The largest absolute Gasteiger partial charge is 0.330 e. The van der Waals surface area contributed by atoms with Crippen LogP contribution in [0.2, 0.25) is 0 Å². The van der Waals surface area contributed by atoms with Gasteiger partial charge in [0.2, 0.25) is 11.8 Å². The Kier molecular flexibility index (Phi) is 4.21. The maximum Gasteiger partial charge on any atom is 0.248 e. The van der Waals surface area contributed by atoms with Crippen molar-refractivity contribution in [1.82, 2.24) is 19.7 Å². The van der Waals surface area contributed by atoms with Crippen LogP contribution in [0.1, 0.15) is 31.4 Å². The first kappa shape index (κ1) is 15.8. The molecule has 0 spiro atoms. The molecule has 2 aromatic heterocycles. The van der Waals surface area contributed by atoms with E-state index in [0.717, 1.165) is 31.4 Å². The third-order valence-corrected chi connectivity index (χ3v) is 4.71. The highest BCUT2D eigenvalue weighted by Gasteiger charge is 2.40. The van der Waals surface area contributed by atoms with Crippen molar-refractivity contribution in [2.45, 2.75) is 38.3 Å². The van der Waals surface area contributed by atoms with Gasteiger partial charge in [-0.25, -0.2) is 0 Å². The zero-order valence-electron chi connectivity index (χ0n) is 14.0. The molecule has 2 fully saturated rings. The molecule has 4 rings (SSSR count). The topological polar surface area (TPSA) is 80.1 Å². The Balaban J connectivity index is 1.38. The van der Waals surface area contributed by atoms with Crippen LogP contribution in [0.3, 0.4) is 0 Å². The molecule has 1 saturated carbocycles. The molecule has 1 saturated heterocycles. The second-order valence-corrected chi connectivity index (χ2v) is 6.67. The molecule has 1 N–H and O–H groups in total. The monoisotopic (exact) mass is 339 g/mol. The highest BCUT2D eigenvalue weighted by molar-refractivity contribution is 5.97. The lowest BCUT2D eigenvalue weighted by Crippen LogP contribution is -2.43. The molecule has 0 radical (unpaired) electrons. The van der Waals surface area contributed by atoms with Crippen molar-refractivity contribution >= 4 is 17.6 Å². The minimum Gasteiger partial charge on any atom is -0.330 e. The van der Waals surface area contributed by atoms with E-state index in [-0.39, 0.29) is 23.8 Å². The smallest absolute Gasteiger partial charge is 0.248 e. The Bertz CT molecular complexity index is 769. The predicted octanol–water partition coefficient (Wildman–Crippen LogP) is 1.67. The van der Waals surface area contributed by atoms with Crippen LogP contribution in [0.5, 0.6) is 0 Å². The number of rotatable bonds is 5. The lowest BCUT2D eigenvalue weighted by atomic mass is 10.2. The third kappa shape index (κ3) is 3.55. The van der Waals surface area contributed by atoms with Crippen molar-refractivity contribution < 1.29 is 9.59 Å². The molecule has 1 unspecified atom stereocenters. The summed E-state index contributed by atoms with van der Waals surface area (Å²) in [5, 5.41) is 7.22. The molecule has 0 aromatic carbocycles. The summed E-state index contributed by atoms with van der Waals surface area (Å²) in [6, 6.07) is 7.13. The van der Waals surface area contributed by atoms with Crippen LogP contribution in [0, 0.1) is 5.92 Å². The summed E-state index contributed by atoms with van der Waals surface area (Å²) < 4.78 is 1.74. The van der Waals surface area contributed by atoms with Gasteiger partial charge in [0.1, 0.15) is 6.04 Å². The van der Waals surface area contributed by atoms with Gasteiger partial charge in [-0.2, -0.15) is 5.10 Å². The summed E-state index contributed by atoms with van der Waals surface area (Å²) in [5.41, 5.74) is 0.903. The molecule has 25 heavy (non-hydrogen) atoms. The van der Waals surface area contributed by atoms with E-state index < -0.39 is 0 Å². The number of amides is 2. The molecular formula is C18H21N5O2. The number of nitrogens with one attached hydrogen (secondary N) is 1. The maximum absolute atomic E-state index is 12.6. The lowest BCUT2D eigenvalue weighted by Gasteiger charge is -2.23. The van der Waals surface area contributed by atoms with E-state index in [9.17, 15) is 9.59 Å². The number of anilines is 1. The Hall–Kier alpha value is -2.70. The van der Waals surface area contributed by atoms with Gasteiger partial charge in [0, 0.05) is 30.9 Å². The predicted molar refractivity (Wildman–Crippen MR) is 91.7 cm³/mol. The molecule has 7 nitrogen and oxygen atoms in total. The zero-order valence-corrected chi connectivity index (χ0v) is 14.0. The summed E-state index contributed by atoms with van der Waals surface area (Å²) in [4.78, 5) is 30.9. The lowest BCUT2D eigenvalue weighted by molar-refractivity contribution is -0.137. The Morgan fingerprint density at radius 3 is 2.84 bits per heavy atom. The summed E-state index contributed by atoms with van der Waals surface area (Å²) in [6.45, 7) is 1.23. The van der Waals surface area contributed by atoms with Crippen LogP contribution in [-0.2, 0) is 16.1 Å². The fourth-order valence-corrected chi connectivity index (χ4v) is 3.25. The van der Waals surface area contributed by atoms with Gasteiger partial charge in [-0.1, -0.05) is 6.07 Å². The Labute approximate surface area is 146 Å². The van der Waals surface area contributed by atoms with Gasteiger partial charge in [-0.15, -0.1) is 0 Å². The highest BCUT2D eigenvalue weighted by atomic mass is 16.2. The second kappa shape index (κ2) is 6.66. The fourth-order valence-electron chi connectivity index (χ4n) is 3.25. The number of carbonyl (C=O) groups is 2. The van der Waals surface area contributed by atoms with Crippen molar-refractivity contribution in [2.75, 3.05) is 11.9 Å². The number of hydrogen-bond acceptors (Lipinski definition) is 4. The molecule has 130 valence electrons. The van der Waals surface area contributed by atoms with E-state index in [0.29, 0.717) is 18.9 Å². The van der Waals surface area contributed by atoms with Crippen LogP contribution >= 0.6 is 0 Å². The van der Waals surface area contributed by atoms with Gasteiger partial charge in [0.05, 0.1) is 12.2 Å². The van der Waals surface area contributed by atoms with E-state index in [1.807, 2.05) is 24.4 Å². The Morgan fingerprint density at radius 1 is 1.20 bits per heavy atom. The van der Waals surface area contributed by atoms with Crippen molar-refractivity contribution in [3.05, 3.63) is 42.4 Å². The SMILES string of the molecule is O=C(Nc1ccn(Cc2ccccn2)n1)C1CCCN1C(=O)C1CC1. The molecule has 1 aliphatic carbocycles. The number of carbonyl (C=O) groups excluding carboxylic acids is 2. The van der Waals surface area contributed by atoms with E-state index in [2.05, 4.69) is 15.4 Å². The van der Waals surface area contributed by atoms with Crippen LogP contribution in [0.25, 0.3) is 0 Å². The van der Waals surface area contributed by atoms with E-state index in [4.69, 9.17) is 0 Å². The quantitative estimate of drug-likeness (QED) is 0.898. The van der Waals surface area contributed by atoms with Crippen molar-refractivity contribution in [2.24, 2.45) is 5.92 Å². The summed E-state index contributed by atoms with van der Waals surface area (Å²) in [7, 11) is 0. The van der Waals surface area contributed by atoms with Gasteiger partial charge in [0.25, 0.3) is 0 Å². The van der Waals surface area contributed by atoms with Crippen molar-refractivity contribution in [3.63, 3.8) is 0 Å². The summed E-state index contributed by atoms with van der Waals surface area (Å²) in [5.74, 6) is 0.644. The number of aromatic nitrogens is 3. The molecule has 1 atom stereocenters. The maximum atomic E-state index is 12.6. The molecule has 2 amide bonds. The molecule has 3 heterocycles. The minimum atomic E-state index is -0.367. The third-order valence-electron chi connectivity index (χ3n) is 4.71. The second-order valence-electron chi connectivity index (χ2n) is 6.67. The average Bonchev–Trinajstić information content (AvgIpc) is 3.19. The molecule has 2 aromatic rings. The van der Waals surface area contributed by atoms with Crippen LogP contribution in [0.15, 0.2) is 36.7 Å². The van der Waals surface area contributed by atoms with Gasteiger partial charge in [-0.3, -0.25) is 19.3 Å². The van der Waals surface area contributed by atoms with Gasteiger partial charge >= 0.3 is 0 Å². The average molecular weight is 339 g/mol. The van der Waals surface area contributed by atoms with Crippen LogP contribution in [-0.4, -0.2) is 44.1 Å². The van der Waals surface area contributed by atoms with Gasteiger partial charge in [-0.05, 0) is 37.8 Å². The summed E-state index contributed by atoms with van der Waals surface area (Å²) >= 11 is 0. The van der Waals surface area contributed by atoms with E-state index in [1.165, 1.54) is 0 Å². The standard InChI is InChI=1S/C18H21N5O2/c24-17(15-5-3-10-23(15)18(25)13-6-7-13)20-16-8-11-22(21-16)12-14-4-1-2-9-19-14/h1-2,4,8-9,11,13,15H,3,5-7,10,12H2,(H,20,21,24). The van der Waals surface area contributed by atoms with Crippen LogP contribution < -0.4 is 5.32 Å². The summed E-state index contributed by atoms with van der Waals surface area (Å²) in [6.07, 6.45) is 7.08. The van der Waals surface area contributed by atoms with Crippen molar-refractivity contribution in [1.29, 1.82) is 0 Å². The van der Waals surface area contributed by atoms with Crippen LogP contribution in [0.4, 0.5) is 5.82 Å². The molecular weight excluding hydrogens is 318 g/mol. The van der Waals surface area contributed by atoms with Gasteiger partial charge in [0.15, 0.2) is 5.82 Å². The van der Waals surface area contributed by atoms with Crippen molar-refractivity contribution in [3.8, 4) is 0 Å². The zero-order chi connectivity index (χ0) is 17.2.